The first-order valence-electron chi connectivity index (χ1n) is 23.9. The Balaban J connectivity index is 1.17. The van der Waals surface area contributed by atoms with Crippen molar-refractivity contribution in [2.24, 2.45) is 0 Å². The second kappa shape index (κ2) is 22.0. The van der Waals surface area contributed by atoms with Gasteiger partial charge in [0, 0.05) is 51.0 Å². The van der Waals surface area contributed by atoms with E-state index < -0.39 is 5.97 Å². The highest BCUT2D eigenvalue weighted by Gasteiger charge is 2.42. The highest BCUT2D eigenvalue weighted by atomic mass is 32.1. The molecule has 9 heteroatoms. The average Bonchev–Trinajstić information content (AvgIpc) is 4.02. The molecule has 5 aromatic carbocycles. The molecule has 0 fully saturated rings. The number of nitrogens with zero attached hydrogens (tertiary/aromatic N) is 4. The minimum atomic E-state index is -1.27. The van der Waals surface area contributed by atoms with E-state index in [2.05, 4.69) is 79.4 Å². The Morgan fingerprint density at radius 2 is 1.04 bits per heavy atom. The van der Waals surface area contributed by atoms with Crippen LogP contribution in [-0.4, -0.2) is 36.0 Å². The summed E-state index contributed by atoms with van der Waals surface area (Å²) in [6.07, 6.45) is 14.4. The molecule has 1 aromatic heterocycles. The largest absolute Gasteiger partial charge is 0.477 e. The zero-order valence-electron chi connectivity index (χ0n) is 38.5. The fourth-order valence-corrected chi connectivity index (χ4v) is 10.2. The van der Waals surface area contributed by atoms with E-state index in [1.807, 2.05) is 76.5 Å². The molecule has 0 aliphatic carbocycles. The van der Waals surface area contributed by atoms with Crippen molar-refractivity contribution >= 4 is 74.8 Å². The number of para-hydroxylation sites is 2. The van der Waals surface area contributed by atoms with Crippen LogP contribution in [-0.2, 0) is 14.4 Å². The molecule has 1 N–H and O–H groups in total. The van der Waals surface area contributed by atoms with Crippen LogP contribution in [0.2, 0.25) is 0 Å². The summed E-state index contributed by atoms with van der Waals surface area (Å²) in [4.78, 5) is 49.1. The normalized spacial score (nSPS) is 14.4. The molecule has 2 amide bonds. The lowest BCUT2D eigenvalue weighted by molar-refractivity contribution is -0.132. The predicted octanol–water partition coefficient (Wildman–Crippen LogP) is 14.9. The molecule has 0 saturated carbocycles. The van der Waals surface area contributed by atoms with Crippen LogP contribution < -0.4 is 14.7 Å². The van der Waals surface area contributed by atoms with E-state index in [-0.39, 0.29) is 17.4 Å². The van der Waals surface area contributed by atoms with E-state index in [1.165, 1.54) is 43.1 Å². The maximum absolute atomic E-state index is 15.1. The molecule has 340 valence electrons. The number of aliphatic carboxylic acids is 1. The van der Waals surface area contributed by atoms with Gasteiger partial charge in [-0.1, -0.05) is 151 Å². The van der Waals surface area contributed by atoms with E-state index in [0.717, 1.165) is 112 Å². The van der Waals surface area contributed by atoms with Crippen molar-refractivity contribution in [1.82, 2.24) is 0 Å². The lowest BCUT2D eigenvalue weighted by atomic mass is 9.94. The smallest absolute Gasteiger partial charge is 0.346 e. The van der Waals surface area contributed by atoms with Gasteiger partial charge in [0.05, 0.1) is 22.5 Å². The molecule has 0 saturated heterocycles. The van der Waals surface area contributed by atoms with Gasteiger partial charge in [0.25, 0.3) is 11.8 Å². The molecule has 0 spiro atoms. The fourth-order valence-electron chi connectivity index (χ4n) is 9.29. The maximum Gasteiger partial charge on any atom is 0.346 e. The lowest BCUT2D eigenvalue weighted by Gasteiger charge is -2.25. The van der Waals surface area contributed by atoms with Crippen molar-refractivity contribution < 1.29 is 19.5 Å². The molecule has 2 aliphatic heterocycles. The molecule has 0 atom stereocenters. The number of unbranched alkanes of at least 4 members (excludes halogenated alkanes) is 10. The number of fused-ring (bicyclic) bond motifs is 2. The number of carboxylic acids is 1. The first-order valence-corrected chi connectivity index (χ1v) is 24.8. The van der Waals surface area contributed by atoms with Gasteiger partial charge in [-0.3, -0.25) is 9.59 Å². The number of amides is 2. The standard InChI is InChI=1S/C58H58N4O4S/c1-3-5-7-9-11-19-35-60-51-38-42(41-25-29-47(30-26-41)62(45-21-15-13-16-22-45)46-23-17-14-18-24-46)27-32-49(51)54(56(60)63)55-50-33-28-43(53-34-31-48(67-53)37-44(40-59)58(65)66)39-52(50)61(57(55)64)36-20-12-10-8-6-4-2/h13-18,21-34,37-39H,3-12,19-20,35-36H2,1-2H3,(H,65,66)/b44-37-,55-54-. The molecular weight excluding hydrogens is 849 g/mol. The third-order valence-electron chi connectivity index (χ3n) is 12.8. The number of anilines is 5. The van der Waals surface area contributed by atoms with Crippen LogP contribution >= 0.6 is 11.3 Å². The molecule has 8 rings (SSSR count). The third-order valence-corrected chi connectivity index (χ3v) is 13.9. The molecule has 67 heavy (non-hydrogen) atoms. The number of carbonyl (C=O) groups excluding carboxylic acids is 2. The molecule has 0 bridgehead atoms. The Hall–Kier alpha value is -7.02. The van der Waals surface area contributed by atoms with Gasteiger partial charge in [-0.25, -0.2) is 4.79 Å². The molecule has 8 nitrogen and oxygen atoms in total. The quantitative estimate of drug-likeness (QED) is 0.0438. The third kappa shape index (κ3) is 10.4. The summed E-state index contributed by atoms with van der Waals surface area (Å²) in [7, 11) is 0. The second-order valence-electron chi connectivity index (χ2n) is 17.4. The van der Waals surface area contributed by atoms with Crippen molar-refractivity contribution in [2.45, 2.75) is 90.9 Å². The number of thiophene rings is 1. The van der Waals surface area contributed by atoms with Crippen molar-refractivity contribution in [3.8, 4) is 27.6 Å². The fraction of sp³-hybridized carbons (Fsp3) is 0.276. The van der Waals surface area contributed by atoms with Crippen LogP contribution in [0.3, 0.4) is 0 Å². The van der Waals surface area contributed by atoms with Gasteiger partial charge in [-0.05, 0) is 96.3 Å². The molecule has 3 heterocycles. The molecule has 2 aliphatic rings. The Labute approximate surface area is 399 Å². The van der Waals surface area contributed by atoms with E-state index in [4.69, 9.17) is 0 Å². The van der Waals surface area contributed by atoms with Gasteiger partial charge < -0.3 is 19.8 Å². The lowest BCUT2D eigenvalue weighted by Crippen LogP contribution is -2.30. The number of rotatable bonds is 21. The molecular formula is C58H58N4O4S. The van der Waals surface area contributed by atoms with Crippen molar-refractivity contribution in [1.29, 1.82) is 5.26 Å². The van der Waals surface area contributed by atoms with Gasteiger partial charge in [-0.2, -0.15) is 5.26 Å². The van der Waals surface area contributed by atoms with Gasteiger partial charge in [0.1, 0.15) is 11.6 Å². The van der Waals surface area contributed by atoms with Gasteiger partial charge in [-0.15, -0.1) is 11.3 Å². The predicted molar refractivity (Wildman–Crippen MR) is 276 cm³/mol. The van der Waals surface area contributed by atoms with E-state index in [1.54, 1.807) is 12.1 Å². The summed E-state index contributed by atoms with van der Waals surface area (Å²) in [6.45, 7) is 5.51. The van der Waals surface area contributed by atoms with Gasteiger partial charge in [0.2, 0.25) is 0 Å². The van der Waals surface area contributed by atoms with Crippen molar-refractivity contribution in [3.05, 3.63) is 155 Å². The number of benzene rings is 5. The van der Waals surface area contributed by atoms with Crippen LogP contribution in [0, 0.1) is 11.3 Å². The van der Waals surface area contributed by atoms with Gasteiger partial charge >= 0.3 is 5.97 Å². The SMILES string of the molecule is CCCCCCCCN1C(=O)/C(=C2\C(=O)N(CCCCCCCC)c3cc(-c4ccc(/C=C(/C#N)C(=O)O)s4)ccc32)c2ccc(-c3ccc(N(c4ccccc4)c4ccccc4)cc3)cc21. The highest BCUT2D eigenvalue weighted by molar-refractivity contribution is 7.16. The Bertz CT molecular complexity index is 2780. The molecule has 6 aromatic rings. The summed E-state index contributed by atoms with van der Waals surface area (Å²) in [6, 6.07) is 46.9. The summed E-state index contributed by atoms with van der Waals surface area (Å²) in [5.74, 6) is -1.57. The second-order valence-corrected chi connectivity index (χ2v) is 18.5. The zero-order chi connectivity index (χ0) is 46.7. The minimum Gasteiger partial charge on any atom is -0.477 e. The summed E-state index contributed by atoms with van der Waals surface area (Å²) in [5.41, 5.74) is 9.73. The van der Waals surface area contributed by atoms with Crippen LogP contribution in [0.25, 0.3) is 38.8 Å². The van der Waals surface area contributed by atoms with Crippen molar-refractivity contribution in [3.63, 3.8) is 0 Å². The number of nitriles is 1. The zero-order valence-corrected chi connectivity index (χ0v) is 39.4. The molecule has 0 unspecified atom stereocenters. The van der Waals surface area contributed by atoms with E-state index >= 15 is 4.79 Å². The van der Waals surface area contributed by atoms with Crippen LogP contribution in [0.1, 0.15) is 107 Å². The minimum absolute atomic E-state index is 0.140. The summed E-state index contributed by atoms with van der Waals surface area (Å²) in [5, 5.41) is 18.8. The van der Waals surface area contributed by atoms with E-state index in [9.17, 15) is 20.0 Å². The topological polar surface area (TPSA) is 105 Å². The molecule has 0 radical (unpaired) electrons. The summed E-state index contributed by atoms with van der Waals surface area (Å²) >= 11 is 1.38. The average molecular weight is 907 g/mol. The van der Waals surface area contributed by atoms with Crippen LogP contribution in [0.15, 0.2) is 139 Å². The number of carboxylic acid groups (broad SMARTS) is 1. The summed E-state index contributed by atoms with van der Waals surface area (Å²) < 4.78 is 0. The number of hydrogen-bond donors (Lipinski definition) is 1. The first-order chi connectivity index (χ1) is 32.8. The van der Waals surface area contributed by atoms with Crippen LogP contribution in [0.4, 0.5) is 28.4 Å². The highest BCUT2D eigenvalue weighted by Crippen LogP contribution is 2.49. The van der Waals surface area contributed by atoms with Gasteiger partial charge in [0.15, 0.2) is 0 Å². The number of hydrogen-bond acceptors (Lipinski definition) is 6. The maximum atomic E-state index is 15.1. The first kappa shape index (κ1) is 46.5. The monoisotopic (exact) mass is 906 g/mol. The Morgan fingerprint density at radius 1 is 0.582 bits per heavy atom. The Kier molecular flexibility index (Phi) is 15.3. The number of carbonyl (C=O) groups is 3. The van der Waals surface area contributed by atoms with Crippen molar-refractivity contribution in [2.75, 3.05) is 27.8 Å². The van der Waals surface area contributed by atoms with E-state index in [0.29, 0.717) is 29.1 Å². The Morgan fingerprint density at radius 3 is 1.55 bits per heavy atom. The van der Waals surface area contributed by atoms with Crippen LogP contribution in [0.5, 0.6) is 0 Å².